The molecule has 0 amide bonds. The van der Waals surface area contributed by atoms with Crippen LogP contribution in [0, 0.1) is 0 Å². The molecule has 0 bridgehead atoms. The summed E-state index contributed by atoms with van der Waals surface area (Å²) in [6.07, 6.45) is 0. The van der Waals surface area contributed by atoms with E-state index >= 15 is 0 Å². The maximum absolute atomic E-state index is 13.2. The molecule has 2 aromatic carbocycles. The Morgan fingerprint density at radius 3 is 2.00 bits per heavy atom. The van der Waals surface area contributed by atoms with Crippen molar-refractivity contribution in [3.63, 3.8) is 0 Å². The quantitative estimate of drug-likeness (QED) is 0.580. The lowest BCUT2D eigenvalue weighted by molar-refractivity contribution is -0.176. The molecule has 0 N–H and O–H groups in total. The molecule has 0 heterocycles. The predicted molar refractivity (Wildman–Crippen MR) is 86.0 cm³/mol. The first-order valence-corrected chi connectivity index (χ1v) is 7.06. The number of methoxy groups -OCH3 is 4. The van der Waals surface area contributed by atoms with Gasteiger partial charge in [0.25, 0.3) is 5.79 Å². The third-order valence-electron chi connectivity index (χ3n) is 3.68. The van der Waals surface area contributed by atoms with Crippen LogP contribution in [0.2, 0.25) is 0 Å². The molecular weight excluding hydrogens is 296 g/mol. The van der Waals surface area contributed by atoms with Gasteiger partial charge < -0.3 is 18.9 Å². The van der Waals surface area contributed by atoms with Crippen LogP contribution in [0.15, 0.2) is 48.5 Å². The minimum absolute atomic E-state index is 0.319. The van der Waals surface area contributed by atoms with Crippen LogP contribution in [0.1, 0.15) is 15.9 Å². The van der Waals surface area contributed by atoms with Crippen molar-refractivity contribution in [2.75, 3.05) is 28.4 Å². The Labute approximate surface area is 135 Å². The Hall–Kier alpha value is -2.37. The van der Waals surface area contributed by atoms with E-state index in [1.807, 2.05) is 18.2 Å². The van der Waals surface area contributed by atoms with Gasteiger partial charge in [0.2, 0.25) is 5.78 Å². The van der Waals surface area contributed by atoms with Gasteiger partial charge in [-0.2, -0.15) is 0 Å². The van der Waals surface area contributed by atoms with Crippen molar-refractivity contribution < 1.29 is 23.7 Å². The fourth-order valence-corrected chi connectivity index (χ4v) is 2.54. The van der Waals surface area contributed by atoms with Crippen molar-refractivity contribution in [3.05, 3.63) is 59.7 Å². The largest absolute Gasteiger partial charge is 0.493 e. The van der Waals surface area contributed by atoms with Crippen LogP contribution in [-0.2, 0) is 15.3 Å². The Morgan fingerprint density at radius 2 is 1.48 bits per heavy atom. The van der Waals surface area contributed by atoms with Crippen molar-refractivity contribution in [1.82, 2.24) is 0 Å². The molecule has 0 aromatic heterocycles. The van der Waals surface area contributed by atoms with Crippen LogP contribution in [0.4, 0.5) is 0 Å². The highest BCUT2D eigenvalue weighted by atomic mass is 16.7. The zero-order chi connectivity index (χ0) is 16.9. The molecule has 122 valence electrons. The van der Waals surface area contributed by atoms with E-state index in [4.69, 9.17) is 18.9 Å². The fraction of sp³-hybridized carbons (Fsp3) is 0.278. The van der Waals surface area contributed by atoms with Crippen molar-refractivity contribution in [2.45, 2.75) is 5.79 Å². The Morgan fingerprint density at radius 1 is 0.826 bits per heavy atom. The number of carbonyl (C=O) groups is 1. The summed E-state index contributed by atoms with van der Waals surface area (Å²) in [7, 11) is 5.86. The molecule has 2 rings (SSSR count). The second-order valence-corrected chi connectivity index (χ2v) is 4.76. The van der Waals surface area contributed by atoms with Crippen LogP contribution in [0.3, 0.4) is 0 Å². The van der Waals surface area contributed by atoms with E-state index in [0.29, 0.717) is 22.6 Å². The van der Waals surface area contributed by atoms with E-state index < -0.39 is 5.79 Å². The van der Waals surface area contributed by atoms with E-state index in [9.17, 15) is 4.79 Å². The standard InChI is InChI=1S/C18H20O5/c1-20-15-12-8-11-14(16(15)21-2)17(19)18(22-3,23-4)13-9-6-5-7-10-13/h5-12H,1-4H3. The van der Waals surface area contributed by atoms with E-state index in [2.05, 4.69) is 0 Å². The smallest absolute Gasteiger partial charge is 0.260 e. The number of ether oxygens (including phenoxy) is 4. The lowest BCUT2D eigenvalue weighted by atomic mass is 9.95. The zero-order valence-corrected chi connectivity index (χ0v) is 13.7. The summed E-state index contributed by atoms with van der Waals surface area (Å²) in [6, 6.07) is 14.1. The minimum atomic E-state index is -1.55. The molecule has 0 saturated carbocycles. The van der Waals surface area contributed by atoms with Gasteiger partial charge in [-0.25, -0.2) is 0 Å². The summed E-state index contributed by atoms with van der Waals surface area (Å²) in [4.78, 5) is 13.2. The van der Waals surface area contributed by atoms with Crippen molar-refractivity contribution in [2.24, 2.45) is 0 Å². The van der Waals surface area contributed by atoms with Gasteiger partial charge in [0.15, 0.2) is 11.5 Å². The summed E-state index contributed by atoms with van der Waals surface area (Å²) in [5.74, 6) is -1.12. The SMILES string of the molecule is COc1cccc(C(=O)C(OC)(OC)c2ccccc2)c1OC. The van der Waals surface area contributed by atoms with Crippen LogP contribution in [0.25, 0.3) is 0 Å². The van der Waals surface area contributed by atoms with Gasteiger partial charge in [-0.1, -0.05) is 36.4 Å². The Balaban J connectivity index is 2.60. The topological polar surface area (TPSA) is 54.0 Å². The van der Waals surface area contributed by atoms with Crippen LogP contribution >= 0.6 is 0 Å². The van der Waals surface area contributed by atoms with Gasteiger partial charge in [0, 0.05) is 19.8 Å². The molecular formula is C18H20O5. The molecule has 0 aliphatic heterocycles. The number of Topliss-reactive ketones (excluding diaryl/α,β-unsaturated/α-hetero) is 1. The van der Waals surface area contributed by atoms with Crippen LogP contribution in [-0.4, -0.2) is 34.2 Å². The van der Waals surface area contributed by atoms with Crippen LogP contribution in [0.5, 0.6) is 11.5 Å². The highest BCUT2D eigenvalue weighted by Crippen LogP contribution is 2.37. The van der Waals surface area contributed by atoms with E-state index in [0.717, 1.165) is 0 Å². The fourth-order valence-electron chi connectivity index (χ4n) is 2.54. The molecule has 0 fully saturated rings. The molecule has 5 nitrogen and oxygen atoms in total. The second kappa shape index (κ2) is 7.26. The molecule has 0 aliphatic rings. The molecule has 0 unspecified atom stereocenters. The molecule has 2 aromatic rings. The van der Waals surface area contributed by atoms with E-state index in [1.165, 1.54) is 28.4 Å². The maximum Gasteiger partial charge on any atom is 0.260 e. The number of rotatable bonds is 7. The summed E-state index contributed by atoms with van der Waals surface area (Å²) < 4.78 is 21.6. The van der Waals surface area contributed by atoms with Gasteiger partial charge in [0.05, 0.1) is 19.8 Å². The molecule has 0 atom stereocenters. The molecule has 5 heteroatoms. The lowest BCUT2D eigenvalue weighted by Gasteiger charge is -2.30. The average molecular weight is 316 g/mol. The first-order valence-electron chi connectivity index (χ1n) is 7.06. The normalized spacial score (nSPS) is 11.1. The number of hydrogen-bond acceptors (Lipinski definition) is 5. The molecule has 0 radical (unpaired) electrons. The molecule has 0 spiro atoms. The Kier molecular flexibility index (Phi) is 5.36. The number of para-hydroxylation sites is 1. The zero-order valence-electron chi connectivity index (χ0n) is 13.7. The van der Waals surface area contributed by atoms with Gasteiger partial charge >= 0.3 is 0 Å². The number of carbonyl (C=O) groups excluding carboxylic acids is 1. The van der Waals surface area contributed by atoms with E-state index in [1.54, 1.807) is 30.3 Å². The van der Waals surface area contributed by atoms with Crippen molar-refractivity contribution in [1.29, 1.82) is 0 Å². The lowest BCUT2D eigenvalue weighted by Crippen LogP contribution is -2.40. The van der Waals surface area contributed by atoms with Gasteiger partial charge in [-0.05, 0) is 12.1 Å². The summed E-state index contributed by atoms with van der Waals surface area (Å²) in [5.41, 5.74) is 0.916. The van der Waals surface area contributed by atoms with Gasteiger partial charge in [-0.15, -0.1) is 0 Å². The number of ketones is 1. The third-order valence-corrected chi connectivity index (χ3v) is 3.68. The highest BCUT2D eigenvalue weighted by Gasteiger charge is 2.43. The first-order chi connectivity index (χ1) is 11.1. The van der Waals surface area contributed by atoms with Crippen LogP contribution < -0.4 is 9.47 Å². The predicted octanol–water partition coefficient (Wildman–Crippen LogP) is 3.03. The van der Waals surface area contributed by atoms with Gasteiger partial charge in [0.1, 0.15) is 0 Å². The average Bonchev–Trinajstić information content (AvgIpc) is 2.63. The maximum atomic E-state index is 13.2. The summed E-state index contributed by atoms with van der Waals surface area (Å²) >= 11 is 0. The number of benzene rings is 2. The monoisotopic (exact) mass is 316 g/mol. The highest BCUT2D eigenvalue weighted by molar-refractivity contribution is 6.04. The molecule has 0 aliphatic carbocycles. The molecule has 23 heavy (non-hydrogen) atoms. The summed E-state index contributed by atoms with van der Waals surface area (Å²) in [6.45, 7) is 0. The van der Waals surface area contributed by atoms with Gasteiger partial charge in [-0.3, -0.25) is 4.79 Å². The second-order valence-electron chi connectivity index (χ2n) is 4.76. The number of hydrogen-bond donors (Lipinski definition) is 0. The van der Waals surface area contributed by atoms with E-state index in [-0.39, 0.29) is 5.78 Å². The first kappa shape index (κ1) is 17.0. The summed E-state index contributed by atoms with van der Waals surface area (Å²) in [5, 5.41) is 0. The van der Waals surface area contributed by atoms with Crippen molar-refractivity contribution in [3.8, 4) is 11.5 Å². The molecule has 0 saturated heterocycles. The van der Waals surface area contributed by atoms with Crippen molar-refractivity contribution >= 4 is 5.78 Å². The Bertz CT molecular complexity index is 662. The third kappa shape index (κ3) is 2.93. The minimum Gasteiger partial charge on any atom is -0.493 e.